The van der Waals surface area contributed by atoms with Gasteiger partial charge in [-0.2, -0.15) is 5.10 Å². The molecule has 3 heterocycles. The molecule has 0 spiro atoms. The summed E-state index contributed by atoms with van der Waals surface area (Å²) in [4.78, 5) is 6.27. The Balaban J connectivity index is 1.46. The van der Waals surface area contributed by atoms with E-state index in [9.17, 15) is 13.9 Å². The Bertz CT molecular complexity index is 1210. The molecule has 0 unspecified atom stereocenters. The smallest absolute Gasteiger partial charge is 0.248 e. The summed E-state index contributed by atoms with van der Waals surface area (Å²) in [5.41, 5.74) is 2.79. The summed E-state index contributed by atoms with van der Waals surface area (Å²) in [5, 5.41) is 17.0. The van der Waals surface area contributed by atoms with Gasteiger partial charge >= 0.3 is 0 Å². The molecule has 4 nitrogen and oxygen atoms in total. The van der Waals surface area contributed by atoms with E-state index in [-0.39, 0.29) is 18.8 Å². The molecule has 0 saturated heterocycles. The van der Waals surface area contributed by atoms with Gasteiger partial charge in [-0.1, -0.05) is 6.07 Å². The molecule has 4 aromatic rings. The van der Waals surface area contributed by atoms with Gasteiger partial charge in [0.15, 0.2) is 0 Å². The van der Waals surface area contributed by atoms with Crippen molar-refractivity contribution in [1.29, 1.82) is 0 Å². The van der Waals surface area contributed by atoms with Crippen LogP contribution in [0.4, 0.5) is 8.78 Å². The van der Waals surface area contributed by atoms with E-state index in [2.05, 4.69) is 25.0 Å². The van der Waals surface area contributed by atoms with Gasteiger partial charge in [0.1, 0.15) is 4.83 Å². The molecule has 1 atom stereocenters. The highest BCUT2D eigenvalue weighted by Gasteiger charge is 2.48. The van der Waals surface area contributed by atoms with Gasteiger partial charge in [0, 0.05) is 52.2 Å². The van der Waals surface area contributed by atoms with E-state index < -0.39 is 12.0 Å². The SMILES string of the molecule is CC(C)n1cc2cc(-c3ccc4cc([C@@H](O)C5CC(F)(F)C5)sc4n3)ccc2n1. The summed E-state index contributed by atoms with van der Waals surface area (Å²) in [6, 6.07) is 12.2. The second kappa shape index (κ2) is 6.57. The fourth-order valence-electron chi connectivity index (χ4n) is 3.88. The van der Waals surface area contributed by atoms with E-state index in [1.54, 1.807) is 0 Å². The van der Waals surface area contributed by atoms with E-state index in [4.69, 9.17) is 4.98 Å². The van der Waals surface area contributed by atoms with Gasteiger partial charge in [0.25, 0.3) is 0 Å². The summed E-state index contributed by atoms with van der Waals surface area (Å²) < 4.78 is 28.2. The molecule has 1 aliphatic carbocycles. The Morgan fingerprint density at radius 2 is 1.93 bits per heavy atom. The third kappa shape index (κ3) is 3.32. The zero-order valence-corrected chi connectivity index (χ0v) is 17.0. The summed E-state index contributed by atoms with van der Waals surface area (Å²) in [5.74, 6) is -3.01. The molecule has 1 aromatic carbocycles. The van der Waals surface area contributed by atoms with Crippen molar-refractivity contribution in [3.63, 3.8) is 0 Å². The number of pyridine rings is 1. The van der Waals surface area contributed by atoms with Crippen LogP contribution in [-0.2, 0) is 0 Å². The average Bonchev–Trinajstić information content (AvgIpc) is 3.28. The van der Waals surface area contributed by atoms with Crippen molar-refractivity contribution < 1.29 is 13.9 Å². The third-order valence-corrected chi connectivity index (χ3v) is 6.72. The van der Waals surface area contributed by atoms with Crippen molar-refractivity contribution in [2.75, 3.05) is 0 Å². The summed E-state index contributed by atoms with van der Waals surface area (Å²) in [6.07, 6.45) is 0.697. The van der Waals surface area contributed by atoms with E-state index >= 15 is 0 Å². The van der Waals surface area contributed by atoms with Crippen molar-refractivity contribution >= 4 is 32.5 Å². The Morgan fingerprint density at radius 1 is 1.14 bits per heavy atom. The lowest BCUT2D eigenvalue weighted by Crippen LogP contribution is -2.38. The molecule has 3 aromatic heterocycles. The first-order chi connectivity index (χ1) is 13.8. The predicted molar refractivity (Wildman–Crippen MR) is 111 cm³/mol. The molecule has 0 bridgehead atoms. The van der Waals surface area contributed by atoms with Crippen LogP contribution in [0.2, 0.25) is 0 Å². The number of hydrogen-bond donors (Lipinski definition) is 1. The summed E-state index contributed by atoms with van der Waals surface area (Å²) >= 11 is 1.38. The summed E-state index contributed by atoms with van der Waals surface area (Å²) in [6.45, 7) is 4.19. The summed E-state index contributed by atoms with van der Waals surface area (Å²) in [7, 11) is 0. The average molecular weight is 413 g/mol. The lowest BCUT2D eigenvalue weighted by molar-refractivity contribution is -0.141. The molecular weight excluding hydrogens is 392 g/mol. The van der Waals surface area contributed by atoms with E-state index in [1.807, 2.05) is 41.2 Å². The molecule has 5 rings (SSSR count). The number of thiophene rings is 1. The number of aromatic nitrogens is 3. The number of fused-ring (bicyclic) bond motifs is 2. The Kier molecular flexibility index (Phi) is 4.22. The Hall–Kier alpha value is -2.38. The fourth-order valence-corrected chi connectivity index (χ4v) is 4.99. The van der Waals surface area contributed by atoms with Gasteiger partial charge in [-0.3, -0.25) is 4.68 Å². The molecule has 150 valence electrons. The number of benzene rings is 1. The number of hydrogen-bond acceptors (Lipinski definition) is 4. The minimum Gasteiger partial charge on any atom is -0.387 e. The van der Waals surface area contributed by atoms with Crippen molar-refractivity contribution in [3.05, 3.63) is 47.5 Å². The van der Waals surface area contributed by atoms with Crippen LogP contribution in [0.1, 0.15) is 43.7 Å². The van der Waals surface area contributed by atoms with Crippen LogP contribution in [0, 0.1) is 5.92 Å². The first-order valence-corrected chi connectivity index (χ1v) is 10.6. The third-order valence-electron chi connectivity index (χ3n) is 5.61. The highest BCUT2D eigenvalue weighted by atomic mass is 32.1. The zero-order chi connectivity index (χ0) is 20.3. The molecule has 7 heteroatoms. The number of rotatable bonds is 4. The molecule has 1 N–H and O–H groups in total. The highest BCUT2D eigenvalue weighted by molar-refractivity contribution is 7.18. The van der Waals surface area contributed by atoms with Crippen LogP contribution in [-0.4, -0.2) is 25.8 Å². The number of halogens is 2. The van der Waals surface area contributed by atoms with Gasteiger partial charge in [0.2, 0.25) is 5.92 Å². The molecule has 1 saturated carbocycles. The second-order valence-corrected chi connectivity index (χ2v) is 9.25. The standard InChI is InChI=1S/C22H21F2N3OS/c1-12(2)27-11-15-7-13(3-6-18(15)26-27)17-5-4-14-8-19(29-21(14)25-17)20(28)16-9-22(23,24)10-16/h3-8,11-12,16,20,28H,9-10H2,1-2H3/t20-/m0/s1. The Labute approximate surface area is 170 Å². The Morgan fingerprint density at radius 3 is 2.66 bits per heavy atom. The van der Waals surface area contributed by atoms with Gasteiger partial charge < -0.3 is 5.11 Å². The lowest BCUT2D eigenvalue weighted by atomic mass is 9.77. The topological polar surface area (TPSA) is 50.9 Å². The number of aliphatic hydroxyl groups excluding tert-OH is 1. The normalized spacial score (nSPS) is 17.9. The minimum atomic E-state index is -2.63. The van der Waals surface area contributed by atoms with Gasteiger partial charge in [0.05, 0.1) is 17.3 Å². The van der Waals surface area contributed by atoms with Gasteiger partial charge in [-0.15, -0.1) is 11.3 Å². The molecule has 0 radical (unpaired) electrons. The van der Waals surface area contributed by atoms with Gasteiger partial charge in [-0.05, 0) is 44.2 Å². The molecule has 0 amide bonds. The van der Waals surface area contributed by atoms with Crippen LogP contribution in [0.25, 0.3) is 32.4 Å². The maximum absolute atomic E-state index is 13.1. The van der Waals surface area contributed by atoms with E-state index in [0.717, 1.165) is 32.4 Å². The largest absolute Gasteiger partial charge is 0.387 e. The van der Waals surface area contributed by atoms with E-state index in [0.29, 0.717) is 10.9 Å². The van der Waals surface area contributed by atoms with Crippen molar-refractivity contribution in [2.24, 2.45) is 5.92 Å². The second-order valence-electron chi connectivity index (χ2n) is 8.19. The van der Waals surface area contributed by atoms with Crippen LogP contribution in [0.15, 0.2) is 42.6 Å². The van der Waals surface area contributed by atoms with Crippen molar-refractivity contribution in [3.8, 4) is 11.3 Å². The quantitative estimate of drug-likeness (QED) is 0.448. The first kappa shape index (κ1) is 18.6. The predicted octanol–water partition coefficient (Wildman–Crippen LogP) is 5.97. The number of alkyl halides is 2. The van der Waals surface area contributed by atoms with Crippen molar-refractivity contribution in [2.45, 2.75) is 44.8 Å². The lowest BCUT2D eigenvalue weighted by Gasteiger charge is -2.37. The number of nitrogens with zero attached hydrogens (tertiary/aromatic N) is 3. The molecule has 1 fully saturated rings. The van der Waals surface area contributed by atoms with Gasteiger partial charge in [-0.25, -0.2) is 13.8 Å². The van der Waals surface area contributed by atoms with Crippen LogP contribution < -0.4 is 0 Å². The maximum Gasteiger partial charge on any atom is 0.248 e. The number of aliphatic hydroxyl groups is 1. The fraction of sp³-hybridized carbons (Fsp3) is 0.364. The van der Waals surface area contributed by atoms with Crippen LogP contribution >= 0.6 is 11.3 Å². The highest BCUT2D eigenvalue weighted by Crippen LogP contribution is 2.49. The van der Waals surface area contributed by atoms with Crippen LogP contribution in [0.3, 0.4) is 0 Å². The minimum absolute atomic E-state index is 0.245. The van der Waals surface area contributed by atoms with Crippen molar-refractivity contribution in [1.82, 2.24) is 14.8 Å². The molecule has 0 aliphatic heterocycles. The first-order valence-electron chi connectivity index (χ1n) is 9.75. The molecule has 1 aliphatic rings. The molecular formula is C22H21F2N3OS. The maximum atomic E-state index is 13.1. The van der Waals surface area contributed by atoms with E-state index in [1.165, 1.54) is 11.3 Å². The molecule has 29 heavy (non-hydrogen) atoms. The zero-order valence-electron chi connectivity index (χ0n) is 16.1. The monoisotopic (exact) mass is 413 g/mol. The van der Waals surface area contributed by atoms with Crippen LogP contribution in [0.5, 0.6) is 0 Å².